The SMILES string of the molecule is CCn1nc(C(=O)NC(c2ccccc2)c2ccc(Br)cc2)c2ccccc2c1=O. The Balaban J connectivity index is 1.79. The first kappa shape index (κ1) is 20.0. The van der Waals surface area contributed by atoms with Crippen LogP contribution in [0.2, 0.25) is 0 Å². The summed E-state index contributed by atoms with van der Waals surface area (Å²) in [6.07, 6.45) is 0. The molecule has 0 spiro atoms. The zero-order valence-electron chi connectivity index (χ0n) is 16.4. The second-order valence-corrected chi connectivity index (χ2v) is 7.80. The van der Waals surface area contributed by atoms with Crippen molar-refractivity contribution in [2.45, 2.75) is 19.5 Å². The largest absolute Gasteiger partial charge is 0.340 e. The van der Waals surface area contributed by atoms with E-state index in [1.54, 1.807) is 24.3 Å². The number of carbonyl (C=O) groups is 1. The van der Waals surface area contributed by atoms with E-state index in [-0.39, 0.29) is 23.2 Å². The fourth-order valence-electron chi connectivity index (χ4n) is 3.48. The van der Waals surface area contributed by atoms with E-state index in [0.29, 0.717) is 17.3 Å². The molecule has 0 radical (unpaired) electrons. The number of amides is 1. The number of hydrogen-bond acceptors (Lipinski definition) is 3. The molecule has 30 heavy (non-hydrogen) atoms. The third kappa shape index (κ3) is 3.91. The lowest BCUT2D eigenvalue weighted by Gasteiger charge is -2.20. The smallest absolute Gasteiger partial charge is 0.274 e. The highest BCUT2D eigenvalue weighted by molar-refractivity contribution is 9.10. The molecule has 0 bridgehead atoms. The molecule has 1 heterocycles. The van der Waals surface area contributed by atoms with Crippen molar-refractivity contribution in [1.29, 1.82) is 0 Å². The molecule has 4 aromatic rings. The molecule has 1 amide bonds. The van der Waals surface area contributed by atoms with Gasteiger partial charge in [-0.05, 0) is 36.2 Å². The van der Waals surface area contributed by atoms with Gasteiger partial charge >= 0.3 is 0 Å². The Labute approximate surface area is 182 Å². The zero-order chi connectivity index (χ0) is 21.1. The molecule has 0 aliphatic carbocycles. The summed E-state index contributed by atoms with van der Waals surface area (Å²) in [5.74, 6) is -0.329. The number of carbonyl (C=O) groups excluding carboxylic acids is 1. The number of aryl methyl sites for hydroxylation is 1. The van der Waals surface area contributed by atoms with Gasteiger partial charge in [-0.2, -0.15) is 5.10 Å². The summed E-state index contributed by atoms with van der Waals surface area (Å²) in [6, 6.07) is 24.4. The van der Waals surface area contributed by atoms with Crippen LogP contribution in [0.1, 0.15) is 34.6 Å². The Morgan fingerprint density at radius 2 is 1.53 bits per heavy atom. The number of fused-ring (bicyclic) bond motifs is 1. The van der Waals surface area contributed by atoms with Crippen LogP contribution in [0.3, 0.4) is 0 Å². The minimum atomic E-state index is -0.352. The average molecular weight is 462 g/mol. The quantitative estimate of drug-likeness (QED) is 0.468. The molecule has 0 fully saturated rings. The number of rotatable bonds is 5. The van der Waals surface area contributed by atoms with Crippen molar-refractivity contribution in [3.8, 4) is 0 Å². The molecular weight excluding hydrogens is 442 g/mol. The number of benzene rings is 3. The van der Waals surface area contributed by atoms with Gasteiger partial charge in [0.1, 0.15) is 0 Å². The third-order valence-corrected chi connectivity index (χ3v) is 5.52. The Bertz CT molecular complexity index is 1250. The molecule has 4 rings (SSSR count). The Morgan fingerprint density at radius 3 is 2.20 bits per heavy atom. The van der Waals surface area contributed by atoms with Crippen LogP contribution in [0.5, 0.6) is 0 Å². The first-order valence-corrected chi connectivity index (χ1v) is 10.5. The molecule has 0 aliphatic heterocycles. The van der Waals surface area contributed by atoms with Gasteiger partial charge in [0, 0.05) is 16.4 Å². The van der Waals surface area contributed by atoms with Crippen LogP contribution >= 0.6 is 15.9 Å². The maximum absolute atomic E-state index is 13.4. The lowest BCUT2D eigenvalue weighted by atomic mass is 9.98. The van der Waals surface area contributed by atoms with Gasteiger partial charge in [-0.3, -0.25) is 9.59 Å². The predicted octanol–water partition coefficient (Wildman–Crippen LogP) is 4.70. The monoisotopic (exact) mass is 461 g/mol. The van der Waals surface area contributed by atoms with Crippen LogP contribution in [0.4, 0.5) is 0 Å². The van der Waals surface area contributed by atoms with Gasteiger partial charge in [-0.15, -0.1) is 0 Å². The molecule has 1 atom stereocenters. The van der Waals surface area contributed by atoms with Crippen LogP contribution in [0.15, 0.2) is 88.1 Å². The van der Waals surface area contributed by atoms with Crippen molar-refractivity contribution >= 4 is 32.6 Å². The van der Waals surface area contributed by atoms with Crippen LogP contribution in [0.25, 0.3) is 10.8 Å². The molecule has 1 N–H and O–H groups in total. The molecule has 5 nitrogen and oxygen atoms in total. The van der Waals surface area contributed by atoms with Gasteiger partial charge < -0.3 is 5.32 Å². The van der Waals surface area contributed by atoms with E-state index in [1.807, 2.05) is 61.5 Å². The Morgan fingerprint density at radius 1 is 0.933 bits per heavy atom. The second kappa shape index (κ2) is 8.63. The van der Waals surface area contributed by atoms with E-state index in [4.69, 9.17) is 0 Å². The summed E-state index contributed by atoms with van der Waals surface area (Å²) in [5, 5.41) is 8.51. The summed E-state index contributed by atoms with van der Waals surface area (Å²) in [4.78, 5) is 26.0. The minimum absolute atomic E-state index is 0.197. The maximum Gasteiger partial charge on any atom is 0.274 e. The molecule has 1 aromatic heterocycles. The number of hydrogen-bond donors (Lipinski definition) is 1. The van der Waals surface area contributed by atoms with Crippen LogP contribution < -0.4 is 10.9 Å². The molecule has 0 saturated carbocycles. The van der Waals surface area contributed by atoms with Crippen LogP contribution in [0, 0.1) is 0 Å². The number of halogens is 1. The van der Waals surface area contributed by atoms with Gasteiger partial charge in [0.15, 0.2) is 5.69 Å². The van der Waals surface area contributed by atoms with Crippen molar-refractivity contribution in [2.24, 2.45) is 0 Å². The first-order valence-electron chi connectivity index (χ1n) is 9.69. The zero-order valence-corrected chi connectivity index (χ0v) is 18.0. The molecule has 0 aliphatic rings. The molecule has 6 heteroatoms. The number of nitrogens with one attached hydrogen (secondary N) is 1. The highest BCUT2D eigenvalue weighted by atomic mass is 79.9. The summed E-state index contributed by atoms with van der Waals surface area (Å²) < 4.78 is 2.29. The van der Waals surface area contributed by atoms with E-state index in [2.05, 4.69) is 26.3 Å². The van der Waals surface area contributed by atoms with Crippen molar-refractivity contribution in [3.63, 3.8) is 0 Å². The summed E-state index contributed by atoms with van der Waals surface area (Å²) in [7, 11) is 0. The van der Waals surface area contributed by atoms with E-state index in [0.717, 1.165) is 15.6 Å². The topological polar surface area (TPSA) is 64.0 Å². The van der Waals surface area contributed by atoms with Gasteiger partial charge in [0.25, 0.3) is 11.5 Å². The first-order chi connectivity index (χ1) is 14.6. The Hall–Kier alpha value is -3.25. The van der Waals surface area contributed by atoms with E-state index >= 15 is 0 Å². The van der Waals surface area contributed by atoms with E-state index in [9.17, 15) is 9.59 Å². The van der Waals surface area contributed by atoms with Crippen LogP contribution in [-0.2, 0) is 6.54 Å². The molecular formula is C24H20BrN3O2. The van der Waals surface area contributed by atoms with Crippen molar-refractivity contribution < 1.29 is 4.79 Å². The summed E-state index contributed by atoms with van der Waals surface area (Å²) >= 11 is 3.46. The van der Waals surface area contributed by atoms with Gasteiger partial charge in [-0.25, -0.2) is 4.68 Å². The predicted molar refractivity (Wildman–Crippen MR) is 122 cm³/mol. The molecule has 1 unspecified atom stereocenters. The lowest BCUT2D eigenvalue weighted by molar-refractivity contribution is 0.0937. The fraction of sp³-hybridized carbons (Fsp3) is 0.125. The summed E-state index contributed by atoms with van der Waals surface area (Å²) in [6.45, 7) is 2.22. The molecule has 0 saturated heterocycles. The van der Waals surface area contributed by atoms with Gasteiger partial charge in [0.05, 0.1) is 11.4 Å². The number of aromatic nitrogens is 2. The summed E-state index contributed by atoms with van der Waals surface area (Å²) in [5.41, 5.74) is 1.95. The Kier molecular flexibility index (Phi) is 5.77. The standard InChI is InChI=1S/C24H20BrN3O2/c1-2-28-24(30)20-11-7-6-10-19(20)22(27-28)23(29)26-21(16-8-4-3-5-9-16)17-12-14-18(25)15-13-17/h3-15,21H,2H2,1H3,(H,26,29). The van der Waals surface area contributed by atoms with Gasteiger partial charge in [-0.1, -0.05) is 76.6 Å². The van der Waals surface area contributed by atoms with E-state index in [1.165, 1.54) is 4.68 Å². The maximum atomic E-state index is 13.4. The fourth-order valence-corrected chi connectivity index (χ4v) is 3.74. The third-order valence-electron chi connectivity index (χ3n) is 4.99. The average Bonchev–Trinajstić information content (AvgIpc) is 2.79. The van der Waals surface area contributed by atoms with Gasteiger partial charge in [0.2, 0.25) is 0 Å². The number of nitrogens with zero attached hydrogens (tertiary/aromatic N) is 2. The van der Waals surface area contributed by atoms with Crippen molar-refractivity contribution in [3.05, 3.63) is 111 Å². The highest BCUT2D eigenvalue weighted by Crippen LogP contribution is 2.25. The molecule has 150 valence electrons. The van der Waals surface area contributed by atoms with Crippen molar-refractivity contribution in [2.75, 3.05) is 0 Å². The minimum Gasteiger partial charge on any atom is -0.340 e. The second-order valence-electron chi connectivity index (χ2n) is 6.88. The normalized spacial score (nSPS) is 11.9. The highest BCUT2D eigenvalue weighted by Gasteiger charge is 2.21. The van der Waals surface area contributed by atoms with Crippen LogP contribution in [-0.4, -0.2) is 15.7 Å². The lowest BCUT2D eigenvalue weighted by Crippen LogP contribution is -2.33. The van der Waals surface area contributed by atoms with E-state index < -0.39 is 0 Å². The molecule has 3 aromatic carbocycles. The van der Waals surface area contributed by atoms with Crippen molar-refractivity contribution in [1.82, 2.24) is 15.1 Å².